The molecule has 1 aromatic carbocycles. The molecule has 1 aromatic rings. The van der Waals surface area contributed by atoms with Crippen LogP contribution in [0, 0.1) is 5.92 Å². The van der Waals surface area contributed by atoms with E-state index in [-0.39, 0.29) is 17.7 Å². The molecule has 2 N–H and O–H groups in total. The molecule has 1 fully saturated rings. The van der Waals surface area contributed by atoms with Crippen molar-refractivity contribution in [3.8, 4) is 0 Å². The van der Waals surface area contributed by atoms with Crippen molar-refractivity contribution in [2.45, 2.75) is 51.1 Å². The minimum Gasteiger partial charge on any atom is -0.394 e. The van der Waals surface area contributed by atoms with Gasteiger partial charge in [0.2, 0.25) is 0 Å². The first-order valence-electron chi connectivity index (χ1n) is 7.27. The molecule has 2 nitrogen and oxygen atoms in total. The number of halogens is 2. The van der Waals surface area contributed by atoms with Gasteiger partial charge in [-0.2, -0.15) is 0 Å². The standard InChI is InChI=1S/C16H23F2NO/c1-12-5-7-16(11-20,8-6-12)19-10-13-3-2-4-14(9-13)15(17)18/h2-4,9,12,15,19-20H,5-8,10-11H2,1H3. The van der Waals surface area contributed by atoms with Crippen LogP contribution in [-0.4, -0.2) is 17.3 Å². The molecule has 0 aliphatic heterocycles. The summed E-state index contributed by atoms with van der Waals surface area (Å²) in [5.41, 5.74) is 0.654. The van der Waals surface area contributed by atoms with E-state index in [1.807, 2.05) is 6.07 Å². The predicted octanol–water partition coefficient (Wildman–Crippen LogP) is 3.66. The highest BCUT2D eigenvalue weighted by Gasteiger charge is 2.32. The Labute approximate surface area is 119 Å². The van der Waals surface area contributed by atoms with Crippen molar-refractivity contribution in [2.75, 3.05) is 6.61 Å². The van der Waals surface area contributed by atoms with Crippen molar-refractivity contribution in [2.24, 2.45) is 5.92 Å². The van der Waals surface area contributed by atoms with Gasteiger partial charge in [-0.3, -0.25) is 0 Å². The van der Waals surface area contributed by atoms with E-state index in [9.17, 15) is 13.9 Å². The zero-order valence-electron chi connectivity index (χ0n) is 11.9. The SMILES string of the molecule is CC1CCC(CO)(NCc2cccc(C(F)F)c2)CC1. The fourth-order valence-corrected chi connectivity index (χ4v) is 2.83. The van der Waals surface area contributed by atoms with Gasteiger partial charge in [-0.1, -0.05) is 25.1 Å². The molecule has 0 spiro atoms. The van der Waals surface area contributed by atoms with Crippen LogP contribution in [0.2, 0.25) is 0 Å². The van der Waals surface area contributed by atoms with Crippen LogP contribution in [0.3, 0.4) is 0 Å². The minimum absolute atomic E-state index is 0.0552. The first-order chi connectivity index (χ1) is 9.54. The zero-order chi connectivity index (χ0) is 14.6. The topological polar surface area (TPSA) is 32.3 Å². The number of hydrogen-bond acceptors (Lipinski definition) is 2. The van der Waals surface area contributed by atoms with Crippen LogP contribution in [0.5, 0.6) is 0 Å². The van der Waals surface area contributed by atoms with Gasteiger partial charge in [0, 0.05) is 17.6 Å². The molecule has 0 unspecified atom stereocenters. The smallest absolute Gasteiger partial charge is 0.263 e. The molecule has 112 valence electrons. The fraction of sp³-hybridized carbons (Fsp3) is 0.625. The number of aliphatic hydroxyl groups excluding tert-OH is 1. The van der Waals surface area contributed by atoms with Gasteiger partial charge < -0.3 is 10.4 Å². The van der Waals surface area contributed by atoms with E-state index < -0.39 is 6.43 Å². The number of rotatable bonds is 5. The highest BCUT2D eigenvalue weighted by atomic mass is 19.3. The predicted molar refractivity (Wildman–Crippen MR) is 75.7 cm³/mol. The minimum atomic E-state index is -2.43. The third-order valence-corrected chi connectivity index (χ3v) is 4.40. The quantitative estimate of drug-likeness (QED) is 0.864. The summed E-state index contributed by atoms with van der Waals surface area (Å²) < 4.78 is 25.3. The molecule has 0 bridgehead atoms. The van der Waals surface area contributed by atoms with E-state index in [4.69, 9.17) is 0 Å². The fourth-order valence-electron chi connectivity index (χ4n) is 2.83. The molecular weight excluding hydrogens is 260 g/mol. The summed E-state index contributed by atoms with van der Waals surface area (Å²) in [5, 5.41) is 13.1. The third kappa shape index (κ3) is 3.76. The summed E-state index contributed by atoms with van der Waals surface area (Å²) in [6, 6.07) is 6.48. The molecule has 0 heterocycles. The van der Waals surface area contributed by atoms with Gasteiger partial charge in [-0.15, -0.1) is 0 Å². The van der Waals surface area contributed by atoms with Crippen molar-refractivity contribution < 1.29 is 13.9 Å². The van der Waals surface area contributed by atoms with Gasteiger partial charge in [0.15, 0.2) is 0 Å². The largest absolute Gasteiger partial charge is 0.394 e. The van der Waals surface area contributed by atoms with Crippen LogP contribution in [-0.2, 0) is 6.54 Å². The number of benzene rings is 1. The van der Waals surface area contributed by atoms with Crippen LogP contribution >= 0.6 is 0 Å². The van der Waals surface area contributed by atoms with Gasteiger partial charge in [-0.05, 0) is 43.2 Å². The lowest BCUT2D eigenvalue weighted by Crippen LogP contribution is -2.50. The molecule has 0 aromatic heterocycles. The first kappa shape index (κ1) is 15.4. The average molecular weight is 283 g/mol. The first-order valence-corrected chi connectivity index (χ1v) is 7.27. The lowest BCUT2D eigenvalue weighted by molar-refractivity contribution is 0.104. The summed E-state index contributed by atoms with van der Waals surface area (Å²) in [4.78, 5) is 0. The monoisotopic (exact) mass is 283 g/mol. The van der Waals surface area contributed by atoms with Crippen LogP contribution in [0.25, 0.3) is 0 Å². The maximum Gasteiger partial charge on any atom is 0.263 e. The van der Waals surface area contributed by atoms with E-state index >= 15 is 0 Å². The molecule has 0 atom stereocenters. The molecule has 0 amide bonds. The second-order valence-corrected chi connectivity index (χ2v) is 6.02. The molecule has 0 radical (unpaired) electrons. The Balaban J connectivity index is 1.98. The lowest BCUT2D eigenvalue weighted by atomic mass is 9.77. The van der Waals surface area contributed by atoms with Gasteiger partial charge >= 0.3 is 0 Å². The second-order valence-electron chi connectivity index (χ2n) is 6.02. The van der Waals surface area contributed by atoms with E-state index in [1.54, 1.807) is 6.07 Å². The van der Waals surface area contributed by atoms with Crippen molar-refractivity contribution >= 4 is 0 Å². The summed E-state index contributed by atoms with van der Waals surface area (Å²) in [6.45, 7) is 2.86. The van der Waals surface area contributed by atoms with E-state index in [0.717, 1.165) is 31.2 Å². The highest BCUT2D eigenvalue weighted by Crippen LogP contribution is 2.32. The summed E-state index contributed by atoms with van der Waals surface area (Å²) in [6.07, 6.45) is 1.66. The Morgan fingerprint density at radius 3 is 2.65 bits per heavy atom. The molecular formula is C16H23F2NO. The number of nitrogens with one attached hydrogen (secondary N) is 1. The molecule has 4 heteroatoms. The Morgan fingerprint density at radius 2 is 2.05 bits per heavy atom. The average Bonchev–Trinajstić information content (AvgIpc) is 2.47. The Bertz CT molecular complexity index is 428. The second kappa shape index (κ2) is 6.64. The Morgan fingerprint density at radius 1 is 1.35 bits per heavy atom. The van der Waals surface area contributed by atoms with Crippen LogP contribution in [0.4, 0.5) is 8.78 Å². The van der Waals surface area contributed by atoms with Gasteiger partial charge in [0.25, 0.3) is 6.43 Å². The zero-order valence-corrected chi connectivity index (χ0v) is 11.9. The number of alkyl halides is 2. The van der Waals surface area contributed by atoms with Crippen LogP contribution in [0.15, 0.2) is 24.3 Å². The van der Waals surface area contributed by atoms with Gasteiger partial charge in [-0.25, -0.2) is 8.78 Å². The highest BCUT2D eigenvalue weighted by molar-refractivity contribution is 5.24. The van der Waals surface area contributed by atoms with Crippen molar-refractivity contribution in [1.82, 2.24) is 5.32 Å². The maximum absolute atomic E-state index is 12.7. The molecule has 20 heavy (non-hydrogen) atoms. The summed E-state index contributed by atoms with van der Waals surface area (Å²) in [7, 11) is 0. The Hall–Kier alpha value is -1.00. The van der Waals surface area contributed by atoms with E-state index in [2.05, 4.69) is 12.2 Å². The third-order valence-electron chi connectivity index (χ3n) is 4.40. The normalized spacial score (nSPS) is 26.9. The van der Waals surface area contributed by atoms with Crippen molar-refractivity contribution in [3.63, 3.8) is 0 Å². The number of aliphatic hydroxyl groups is 1. The van der Waals surface area contributed by atoms with Gasteiger partial charge in [0.1, 0.15) is 0 Å². The molecule has 0 saturated heterocycles. The summed E-state index contributed by atoms with van der Waals surface area (Å²) in [5.74, 6) is 0.707. The van der Waals surface area contributed by atoms with E-state index in [1.165, 1.54) is 12.1 Å². The maximum atomic E-state index is 12.7. The van der Waals surface area contributed by atoms with Crippen molar-refractivity contribution in [3.05, 3.63) is 35.4 Å². The van der Waals surface area contributed by atoms with Crippen LogP contribution in [0.1, 0.15) is 50.2 Å². The van der Waals surface area contributed by atoms with Gasteiger partial charge in [0.05, 0.1) is 6.61 Å². The molecule has 1 aliphatic rings. The number of hydrogen-bond donors (Lipinski definition) is 2. The lowest BCUT2D eigenvalue weighted by Gasteiger charge is -2.39. The molecule has 1 saturated carbocycles. The molecule has 2 rings (SSSR count). The van der Waals surface area contributed by atoms with E-state index in [0.29, 0.717) is 12.5 Å². The van der Waals surface area contributed by atoms with Crippen molar-refractivity contribution in [1.29, 1.82) is 0 Å². The Kier molecular flexibility index (Phi) is 5.11. The van der Waals surface area contributed by atoms with Crippen LogP contribution < -0.4 is 5.32 Å². The summed E-state index contributed by atoms with van der Waals surface area (Å²) >= 11 is 0. The molecule has 1 aliphatic carbocycles.